The Balaban J connectivity index is 1.84. The first-order chi connectivity index (χ1) is 11.5. The third kappa shape index (κ3) is 6.20. The monoisotopic (exact) mass is 614 g/mol. The Morgan fingerprint density at radius 1 is 1.42 bits per heavy atom. The first kappa shape index (κ1) is 19.4. The van der Waals surface area contributed by atoms with Gasteiger partial charge in [0.2, 0.25) is 0 Å². The van der Waals surface area contributed by atoms with Crippen molar-refractivity contribution >= 4 is 78.8 Å². The number of carbonyl (C=O) groups is 1. The lowest BCUT2D eigenvalue weighted by Gasteiger charge is -2.08. The Hall–Kier alpha value is -0.880. The van der Waals surface area contributed by atoms with E-state index in [1.807, 2.05) is 18.2 Å². The largest absolute Gasteiger partial charge is 0.484 e. The van der Waals surface area contributed by atoms with E-state index < -0.39 is 0 Å². The number of nitrogens with one attached hydrogen (secondary N) is 1. The number of hydrogen-bond donors (Lipinski definition) is 1. The highest BCUT2D eigenvalue weighted by Crippen LogP contribution is 2.29. The van der Waals surface area contributed by atoms with Crippen molar-refractivity contribution in [1.29, 1.82) is 0 Å². The summed E-state index contributed by atoms with van der Waals surface area (Å²) in [6, 6.07) is 7.36. The molecule has 2 aromatic rings. The predicted octanol–water partition coefficient (Wildman–Crippen LogP) is 4.84. The molecule has 0 aliphatic heterocycles. The summed E-state index contributed by atoms with van der Waals surface area (Å²) in [5, 5.41) is 3.98. The van der Waals surface area contributed by atoms with Gasteiger partial charge in [0.1, 0.15) is 11.5 Å². The fraction of sp³-hybridized carbons (Fsp3) is 0.125. The number of ether oxygens (including phenoxy) is 1. The second-order valence-corrected chi connectivity index (χ2v) is 7.74. The minimum atomic E-state index is -0.325. The fourth-order valence-corrected chi connectivity index (χ4v) is 3.51. The molecule has 1 aromatic heterocycles. The number of furan rings is 1. The van der Waals surface area contributed by atoms with Crippen LogP contribution in [0.4, 0.5) is 0 Å². The minimum Gasteiger partial charge on any atom is -0.484 e. The van der Waals surface area contributed by atoms with Gasteiger partial charge in [0, 0.05) is 11.6 Å². The van der Waals surface area contributed by atoms with Gasteiger partial charge in [-0.1, -0.05) is 0 Å². The Bertz CT molecular complexity index is 751. The van der Waals surface area contributed by atoms with Crippen molar-refractivity contribution in [3.63, 3.8) is 0 Å². The van der Waals surface area contributed by atoms with Gasteiger partial charge in [0.25, 0.3) is 5.91 Å². The molecule has 1 amide bonds. The van der Waals surface area contributed by atoms with Gasteiger partial charge in [-0.2, -0.15) is 5.10 Å². The molecule has 24 heavy (non-hydrogen) atoms. The van der Waals surface area contributed by atoms with E-state index in [-0.39, 0.29) is 12.5 Å². The van der Waals surface area contributed by atoms with Crippen LogP contribution >= 0.6 is 61.1 Å². The van der Waals surface area contributed by atoms with Crippen LogP contribution in [0.2, 0.25) is 0 Å². The summed E-state index contributed by atoms with van der Waals surface area (Å²) in [6.45, 7) is 1.67. The molecular weight excluding hydrogens is 602 g/mol. The second-order valence-electron chi connectivity index (χ2n) is 4.63. The van der Waals surface area contributed by atoms with Crippen LogP contribution in [0, 0.1) is 7.14 Å². The summed E-state index contributed by atoms with van der Waals surface area (Å²) in [5.74, 6) is 1.04. The first-order valence-corrected chi connectivity index (χ1v) is 9.73. The number of allylic oxidation sites excluding steroid dienone is 1. The van der Waals surface area contributed by atoms with E-state index in [4.69, 9.17) is 9.15 Å². The molecule has 0 unspecified atom stereocenters. The van der Waals surface area contributed by atoms with Crippen molar-refractivity contribution in [3.05, 3.63) is 54.0 Å². The smallest absolute Gasteiger partial charge is 0.277 e. The number of hydrogen-bond acceptors (Lipinski definition) is 4. The van der Waals surface area contributed by atoms with Gasteiger partial charge in [0.15, 0.2) is 6.61 Å². The van der Waals surface area contributed by atoms with E-state index >= 15 is 0 Å². The first-order valence-electron chi connectivity index (χ1n) is 6.78. The standard InChI is InChI=1S/C16H13BrI2N2O3/c1-10(4-5-11-3-2-6-23-11)20-21-15(22)9-24-12-7-13(18)16(17)14(19)8-12/h2-8H,9H2,1H3,(H,21,22). The zero-order valence-electron chi connectivity index (χ0n) is 12.6. The average molecular weight is 615 g/mol. The lowest BCUT2D eigenvalue weighted by molar-refractivity contribution is -0.123. The zero-order chi connectivity index (χ0) is 17.5. The number of rotatable bonds is 6. The molecule has 0 spiro atoms. The van der Waals surface area contributed by atoms with Gasteiger partial charge in [-0.25, -0.2) is 5.43 Å². The topological polar surface area (TPSA) is 63.8 Å². The van der Waals surface area contributed by atoms with Crippen LogP contribution in [-0.2, 0) is 4.79 Å². The quantitative estimate of drug-likeness (QED) is 0.219. The third-order valence-corrected chi connectivity index (χ3v) is 6.75. The van der Waals surface area contributed by atoms with Crippen molar-refractivity contribution in [2.24, 2.45) is 5.10 Å². The Kier molecular flexibility index (Phi) is 7.75. The normalized spacial score (nSPS) is 11.8. The summed E-state index contributed by atoms with van der Waals surface area (Å²) >= 11 is 7.89. The molecule has 1 N–H and O–H groups in total. The number of hydrazone groups is 1. The van der Waals surface area contributed by atoms with E-state index in [9.17, 15) is 4.79 Å². The number of amides is 1. The van der Waals surface area contributed by atoms with Gasteiger partial charge >= 0.3 is 0 Å². The van der Waals surface area contributed by atoms with Gasteiger partial charge in [0.05, 0.1) is 12.0 Å². The van der Waals surface area contributed by atoms with Gasteiger partial charge in [-0.15, -0.1) is 0 Å². The molecule has 8 heteroatoms. The molecule has 0 saturated heterocycles. The Morgan fingerprint density at radius 2 is 2.12 bits per heavy atom. The van der Waals surface area contributed by atoms with Crippen LogP contribution in [0.15, 0.2) is 50.6 Å². The highest BCUT2D eigenvalue weighted by atomic mass is 127. The molecule has 0 atom stereocenters. The molecule has 0 fully saturated rings. The molecule has 2 rings (SSSR count). The van der Waals surface area contributed by atoms with E-state index in [2.05, 4.69) is 71.6 Å². The van der Waals surface area contributed by atoms with E-state index in [1.54, 1.807) is 31.4 Å². The third-order valence-electron chi connectivity index (χ3n) is 2.72. The molecule has 5 nitrogen and oxygen atoms in total. The van der Waals surface area contributed by atoms with Crippen LogP contribution in [0.5, 0.6) is 5.75 Å². The summed E-state index contributed by atoms with van der Waals surface area (Å²) in [6.07, 6.45) is 5.11. The highest BCUT2D eigenvalue weighted by molar-refractivity contribution is 14.1. The summed E-state index contributed by atoms with van der Waals surface area (Å²) in [4.78, 5) is 11.8. The van der Waals surface area contributed by atoms with Crippen molar-refractivity contribution in [2.45, 2.75) is 6.92 Å². The maximum absolute atomic E-state index is 11.8. The number of nitrogens with zero attached hydrogens (tertiary/aromatic N) is 1. The SMILES string of the molecule is CC(C=Cc1ccco1)=NNC(=O)COc1cc(I)c(Br)c(I)c1. The number of halogens is 3. The summed E-state index contributed by atoms with van der Waals surface area (Å²) in [5.41, 5.74) is 3.10. The van der Waals surface area contributed by atoms with E-state index in [0.29, 0.717) is 11.5 Å². The molecule has 0 radical (unpaired) electrons. The molecule has 126 valence electrons. The maximum atomic E-state index is 11.8. The number of benzene rings is 1. The van der Waals surface area contributed by atoms with Gasteiger partial charge in [-0.05, 0) is 104 Å². The summed E-state index contributed by atoms with van der Waals surface area (Å²) in [7, 11) is 0. The molecular formula is C16H13BrI2N2O3. The summed E-state index contributed by atoms with van der Waals surface area (Å²) < 4.78 is 13.7. The van der Waals surface area contributed by atoms with Crippen LogP contribution in [-0.4, -0.2) is 18.2 Å². The molecule has 0 aliphatic rings. The van der Waals surface area contributed by atoms with Crippen molar-refractivity contribution < 1.29 is 13.9 Å². The Morgan fingerprint density at radius 3 is 2.75 bits per heavy atom. The average Bonchev–Trinajstić information content (AvgIpc) is 3.07. The predicted molar refractivity (Wildman–Crippen MR) is 114 cm³/mol. The minimum absolute atomic E-state index is 0.105. The fourth-order valence-electron chi connectivity index (χ4n) is 1.57. The maximum Gasteiger partial charge on any atom is 0.277 e. The van der Waals surface area contributed by atoms with E-state index in [0.717, 1.165) is 17.4 Å². The second kappa shape index (κ2) is 9.56. The van der Waals surface area contributed by atoms with E-state index in [1.165, 1.54) is 0 Å². The van der Waals surface area contributed by atoms with Crippen LogP contribution in [0.1, 0.15) is 12.7 Å². The molecule has 0 aliphatic carbocycles. The molecule has 0 bridgehead atoms. The van der Waals surface area contributed by atoms with Crippen molar-refractivity contribution in [2.75, 3.05) is 6.61 Å². The lowest BCUT2D eigenvalue weighted by Crippen LogP contribution is -2.25. The number of carbonyl (C=O) groups excluding carboxylic acids is 1. The lowest BCUT2D eigenvalue weighted by atomic mass is 10.3. The van der Waals surface area contributed by atoms with Gasteiger partial charge < -0.3 is 9.15 Å². The van der Waals surface area contributed by atoms with Crippen molar-refractivity contribution in [3.8, 4) is 5.75 Å². The van der Waals surface area contributed by atoms with Crippen LogP contribution < -0.4 is 10.2 Å². The Labute approximate surface area is 175 Å². The zero-order valence-corrected chi connectivity index (χ0v) is 18.5. The van der Waals surface area contributed by atoms with Gasteiger partial charge in [-0.3, -0.25) is 4.79 Å². The van der Waals surface area contributed by atoms with Crippen LogP contribution in [0.3, 0.4) is 0 Å². The van der Waals surface area contributed by atoms with Crippen molar-refractivity contribution in [1.82, 2.24) is 5.43 Å². The van der Waals surface area contributed by atoms with Crippen LogP contribution in [0.25, 0.3) is 6.08 Å². The highest BCUT2D eigenvalue weighted by Gasteiger charge is 2.07. The molecule has 1 heterocycles. The molecule has 0 saturated carbocycles. The molecule has 1 aromatic carbocycles.